The Kier molecular flexibility index (Phi) is 3.40. The van der Waals surface area contributed by atoms with E-state index in [1.807, 2.05) is 37.3 Å². The quantitative estimate of drug-likeness (QED) is 0.560. The summed E-state index contributed by atoms with van der Waals surface area (Å²) in [6.45, 7) is 2.00. The van der Waals surface area contributed by atoms with Crippen molar-refractivity contribution in [3.63, 3.8) is 0 Å². The van der Waals surface area contributed by atoms with Crippen LogP contribution < -0.4 is 0 Å². The lowest BCUT2D eigenvalue weighted by Crippen LogP contribution is -2.17. The topological polar surface area (TPSA) is 26.3 Å². The molecule has 0 radical (unpaired) electrons. The molecule has 1 aromatic carbocycles. The van der Waals surface area contributed by atoms with E-state index in [2.05, 4.69) is 6.08 Å². The number of aryl methyl sites for hydroxylation is 1. The van der Waals surface area contributed by atoms with E-state index in [0.29, 0.717) is 5.56 Å². The molecule has 0 aliphatic heterocycles. The molecule has 1 aliphatic carbocycles. The fraction of sp³-hybridized carbons (Fsp3) is 0.357. The zero-order valence-corrected chi connectivity index (χ0v) is 9.48. The lowest BCUT2D eigenvalue weighted by atomic mass is 10.1. The third-order valence-corrected chi connectivity index (χ3v) is 2.76. The molecule has 0 bridgehead atoms. The van der Waals surface area contributed by atoms with Crippen molar-refractivity contribution in [3.05, 3.63) is 47.5 Å². The van der Waals surface area contributed by atoms with Crippen LogP contribution in [0.25, 0.3) is 0 Å². The molecule has 0 aromatic heterocycles. The van der Waals surface area contributed by atoms with Crippen LogP contribution in [0.4, 0.5) is 0 Å². The van der Waals surface area contributed by atoms with Crippen LogP contribution in [-0.2, 0) is 4.74 Å². The van der Waals surface area contributed by atoms with Crippen LogP contribution in [0.2, 0.25) is 0 Å². The summed E-state index contributed by atoms with van der Waals surface area (Å²) >= 11 is 0. The summed E-state index contributed by atoms with van der Waals surface area (Å²) in [6, 6.07) is 7.47. The molecule has 0 saturated carbocycles. The van der Waals surface area contributed by atoms with Crippen molar-refractivity contribution in [2.75, 3.05) is 0 Å². The predicted molar refractivity (Wildman–Crippen MR) is 63.4 cm³/mol. The first kappa shape index (κ1) is 10.9. The molecular formula is C14H16O2. The second-order valence-electron chi connectivity index (χ2n) is 4.17. The SMILES string of the molecule is Cc1ccc(C(=O)OC2C=CCCC2)cc1. The molecule has 0 N–H and O–H groups in total. The van der Waals surface area contributed by atoms with E-state index in [9.17, 15) is 4.79 Å². The van der Waals surface area contributed by atoms with E-state index in [1.54, 1.807) is 0 Å². The number of hydrogen-bond donors (Lipinski definition) is 0. The summed E-state index contributed by atoms with van der Waals surface area (Å²) in [5.41, 5.74) is 1.78. The van der Waals surface area contributed by atoms with Crippen LogP contribution in [0.5, 0.6) is 0 Å². The number of allylic oxidation sites excluding steroid dienone is 1. The summed E-state index contributed by atoms with van der Waals surface area (Å²) in [7, 11) is 0. The van der Waals surface area contributed by atoms with E-state index in [1.165, 1.54) is 0 Å². The number of benzene rings is 1. The monoisotopic (exact) mass is 216 g/mol. The number of rotatable bonds is 2. The van der Waals surface area contributed by atoms with E-state index in [-0.39, 0.29) is 12.1 Å². The maximum Gasteiger partial charge on any atom is 0.338 e. The average molecular weight is 216 g/mol. The summed E-state index contributed by atoms with van der Waals surface area (Å²) in [6.07, 6.45) is 7.16. The summed E-state index contributed by atoms with van der Waals surface area (Å²) in [5, 5.41) is 0. The van der Waals surface area contributed by atoms with Gasteiger partial charge in [-0.3, -0.25) is 0 Å². The van der Waals surface area contributed by atoms with Gasteiger partial charge in [-0.1, -0.05) is 23.8 Å². The highest BCUT2D eigenvalue weighted by atomic mass is 16.5. The summed E-state index contributed by atoms with van der Waals surface area (Å²) < 4.78 is 5.39. The van der Waals surface area contributed by atoms with Gasteiger partial charge in [0.2, 0.25) is 0 Å². The van der Waals surface area contributed by atoms with Crippen molar-refractivity contribution in [1.82, 2.24) is 0 Å². The second-order valence-corrected chi connectivity index (χ2v) is 4.17. The number of carbonyl (C=O) groups excluding carboxylic acids is 1. The Bertz CT molecular complexity index is 390. The zero-order valence-electron chi connectivity index (χ0n) is 9.48. The number of carbonyl (C=O) groups is 1. The number of ether oxygens (including phenoxy) is 1. The van der Waals surface area contributed by atoms with Crippen LogP contribution in [0, 0.1) is 6.92 Å². The first-order valence-corrected chi connectivity index (χ1v) is 5.70. The molecule has 1 atom stereocenters. The first-order valence-electron chi connectivity index (χ1n) is 5.70. The van der Waals surface area contributed by atoms with Crippen molar-refractivity contribution >= 4 is 5.97 Å². The molecule has 1 aliphatic rings. The Hall–Kier alpha value is -1.57. The van der Waals surface area contributed by atoms with E-state index in [4.69, 9.17) is 4.74 Å². The largest absolute Gasteiger partial charge is 0.455 e. The van der Waals surface area contributed by atoms with Gasteiger partial charge in [0, 0.05) is 0 Å². The highest BCUT2D eigenvalue weighted by Crippen LogP contribution is 2.15. The van der Waals surface area contributed by atoms with Crippen molar-refractivity contribution in [1.29, 1.82) is 0 Å². The molecule has 0 fully saturated rings. The predicted octanol–water partition coefficient (Wildman–Crippen LogP) is 3.26. The lowest BCUT2D eigenvalue weighted by Gasteiger charge is -2.17. The third kappa shape index (κ3) is 2.72. The highest BCUT2D eigenvalue weighted by molar-refractivity contribution is 5.89. The van der Waals surface area contributed by atoms with Crippen LogP contribution in [0.1, 0.15) is 35.2 Å². The fourth-order valence-electron chi connectivity index (χ4n) is 1.77. The maximum atomic E-state index is 11.8. The Morgan fingerprint density at radius 2 is 2.06 bits per heavy atom. The Morgan fingerprint density at radius 3 is 2.69 bits per heavy atom. The highest BCUT2D eigenvalue weighted by Gasteiger charge is 2.14. The molecule has 2 nitrogen and oxygen atoms in total. The van der Waals surface area contributed by atoms with Gasteiger partial charge >= 0.3 is 5.97 Å². The van der Waals surface area contributed by atoms with Gasteiger partial charge in [-0.2, -0.15) is 0 Å². The van der Waals surface area contributed by atoms with Gasteiger partial charge in [0.1, 0.15) is 6.10 Å². The van der Waals surface area contributed by atoms with E-state index < -0.39 is 0 Å². The van der Waals surface area contributed by atoms with Crippen LogP contribution in [0.15, 0.2) is 36.4 Å². The number of hydrogen-bond acceptors (Lipinski definition) is 2. The van der Waals surface area contributed by atoms with Crippen molar-refractivity contribution in [3.8, 4) is 0 Å². The summed E-state index contributed by atoms with van der Waals surface area (Å²) in [5.74, 6) is -0.225. The van der Waals surface area contributed by atoms with Crippen molar-refractivity contribution in [2.45, 2.75) is 32.3 Å². The van der Waals surface area contributed by atoms with Gasteiger partial charge in [-0.15, -0.1) is 0 Å². The minimum atomic E-state index is -0.225. The smallest absolute Gasteiger partial charge is 0.338 e. The van der Waals surface area contributed by atoms with Crippen LogP contribution in [-0.4, -0.2) is 12.1 Å². The molecule has 2 heteroatoms. The molecule has 1 aromatic rings. The Morgan fingerprint density at radius 1 is 1.31 bits per heavy atom. The van der Waals surface area contributed by atoms with Gasteiger partial charge in [0.05, 0.1) is 5.56 Å². The molecule has 0 saturated heterocycles. The van der Waals surface area contributed by atoms with Crippen LogP contribution >= 0.6 is 0 Å². The minimum Gasteiger partial charge on any atom is -0.455 e. The van der Waals surface area contributed by atoms with Crippen molar-refractivity contribution < 1.29 is 9.53 Å². The van der Waals surface area contributed by atoms with Crippen molar-refractivity contribution in [2.24, 2.45) is 0 Å². The van der Waals surface area contributed by atoms with Gasteiger partial charge in [0.15, 0.2) is 0 Å². The zero-order chi connectivity index (χ0) is 11.4. The van der Waals surface area contributed by atoms with Gasteiger partial charge in [-0.05, 0) is 44.4 Å². The van der Waals surface area contributed by atoms with Gasteiger partial charge < -0.3 is 4.74 Å². The average Bonchev–Trinajstić information content (AvgIpc) is 2.31. The summed E-state index contributed by atoms with van der Waals surface area (Å²) in [4.78, 5) is 11.8. The molecular weight excluding hydrogens is 200 g/mol. The maximum absolute atomic E-state index is 11.8. The molecule has 16 heavy (non-hydrogen) atoms. The normalized spacial score (nSPS) is 19.4. The molecule has 0 spiro atoms. The Balaban J connectivity index is 1.99. The lowest BCUT2D eigenvalue weighted by molar-refractivity contribution is 0.0370. The molecule has 0 heterocycles. The van der Waals surface area contributed by atoms with Gasteiger partial charge in [-0.25, -0.2) is 4.79 Å². The molecule has 84 valence electrons. The second kappa shape index (κ2) is 4.97. The molecule has 2 rings (SSSR count). The van der Waals surface area contributed by atoms with Gasteiger partial charge in [0.25, 0.3) is 0 Å². The standard InChI is InChI=1S/C14H16O2/c1-11-7-9-12(10-8-11)14(15)16-13-5-3-2-4-6-13/h3,5,7-10,13H,2,4,6H2,1H3. The fourth-order valence-corrected chi connectivity index (χ4v) is 1.77. The Labute approximate surface area is 95.9 Å². The molecule has 0 amide bonds. The molecule has 1 unspecified atom stereocenters. The first-order chi connectivity index (χ1) is 7.75. The van der Waals surface area contributed by atoms with E-state index >= 15 is 0 Å². The third-order valence-electron chi connectivity index (χ3n) is 2.76. The number of esters is 1. The van der Waals surface area contributed by atoms with E-state index in [0.717, 1.165) is 24.8 Å². The minimum absolute atomic E-state index is 0.0393. The van der Waals surface area contributed by atoms with Crippen LogP contribution in [0.3, 0.4) is 0 Å².